The van der Waals surface area contributed by atoms with Gasteiger partial charge in [-0.1, -0.05) is 57.2 Å². The maximum atomic E-state index is 13.7. The van der Waals surface area contributed by atoms with E-state index in [4.69, 9.17) is 9.47 Å². The maximum absolute atomic E-state index is 13.7. The summed E-state index contributed by atoms with van der Waals surface area (Å²) in [5.41, 5.74) is -0.589. The molecule has 1 aliphatic heterocycles. The summed E-state index contributed by atoms with van der Waals surface area (Å²) >= 11 is 1.66. The van der Waals surface area contributed by atoms with Gasteiger partial charge in [-0.2, -0.15) is 0 Å². The predicted molar refractivity (Wildman–Crippen MR) is 134 cm³/mol. The average molecular weight is 487 g/mol. The number of ether oxygens (including phenoxy) is 2. The highest BCUT2D eigenvalue weighted by atomic mass is 32.2. The van der Waals surface area contributed by atoms with Gasteiger partial charge >= 0.3 is 12.1 Å². The number of carbonyl (C=O) groups is 3. The van der Waals surface area contributed by atoms with Gasteiger partial charge < -0.3 is 19.7 Å². The third kappa shape index (κ3) is 6.03. The van der Waals surface area contributed by atoms with E-state index < -0.39 is 29.6 Å². The number of nitrogens with zero attached hydrogens (tertiary/aromatic N) is 1. The summed E-state index contributed by atoms with van der Waals surface area (Å²) in [5.74, 6) is -0.767. The summed E-state index contributed by atoms with van der Waals surface area (Å²) in [7, 11) is 1.33. The molecule has 1 aliphatic rings. The van der Waals surface area contributed by atoms with Crippen molar-refractivity contribution < 1.29 is 23.9 Å². The SMILES string of the molecule is COC(=O)[C@@H]1C[C@@H](Sc2cccc3ccccc23)CN1C(=O)[C@@H](NC(=O)OC(C)C)C(C)(C)C. The third-order valence-corrected chi connectivity index (χ3v) is 7.06. The Balaban J connectivity index is 1.85. The molecule has 3 atom stereocenters. The van der Waals surface area contributed by atoms with Crippen LogP contribution in [0.25, 0.3) is 10.8 Å². The first-order chi connectivity index (χ1) is 16.0. The smallest absolute Gasteiger partial charge is 0.408 e. The van der Waals surface area contributed by atoms with Gasteiger partial charge in [0.25, 0.3) is 0 Å². The number of thioether (sulfide) groups is 1. The van der Waals surface area contributed by atoms with Gasteiger partial charge in [0.15, 0.2) is 0 Å². The second kappa shape index (κ2) is 10.7. The van der Waals surface area contributed by atoms with E-state index in [0.717, 1.165) is 15.7 Å². The summed E-state index contributed by atoms with van der Waals surface area (Å²) in [5, 5.41) is 5.00. The number of carbonyl (C=O) groups excluding carboxylic acids is 3. The number of benzene rings is 2. The zero-order valence-electron chi connectivity index (χ0n) is 20.7. The zero-order chi connectivity index (χ0) is 25.0. The van der Waals surface area contributed by atoms with Crippen LogP contribution in [-0.2, 0) is 19.1 Å². The van der Waals surface area contributed by atoms with Gasteiger partial charge in [-0.05, 0) is 42.5 Å². The quantitative estimate of drug-likeness (QED) is 0.600. The fourth-order valence-electron chi connectivity index (χ4n) is 4.14. The van der Waals surface area contributed by atoms with Crippen LogP contribution in [0.1, 0.15) is 41.0 Å². The number of esters is 1. The molecule has 1 heterocycles. The average Bonchev–Trinajstić information content (AvgIpc) is 3.19. The number of hydrogen-bond donors (Lipinski definition) is 1. The largest absolute Gasteiger partial charge is 0.467 e. The molecule has 1 fully saturated rings. The van der Waals surface area contributed by atoms with E-state index in [-0.39, 0.29) is 17.3 Å². The molecule has 184 valence electrons. The fourth-order valence-corrected chi connectivity index (χ4v) is 5.49. The van der Waals surface area contributed by atoms with Crippen LogP contribution >= 0.6 is 11.8 Å². The van der Waals surface area contributed by atoms with Gasteiger partial charge in [0.05, 0.1) is 13.2 Å². The monoisotopic (exact) mass is 486 g/mol. The molecule has 1 saturated heterocycles. The predicted octanol–water partition coefficient (Wildman–Crippen LogP) is 4.62. The maximum Gasteiger partial charge on any atom is 0.408 e. The van der Waals surface area contributed by atoms with E-state index in [1.165, 1.54) is 7.11 Å². The van der Waals surface area contributed by atoms with Crippen molar-refractivity contribution in [3.63, 3.8) is 0 Å². The van der Waals surface area contributed by atoms with Crippen molar-refractivity contribution in [3.8, 4) is 0 Å². The Morgan fingerprint density at radius 3 is 2.41 bits per heavy atom. The lowest BCUT2D eigenvalue weighted by molar-refractivity contribution is -0.152. The molecular formula is C26H34N2O5S. The topological polar surface area (TPSA) is 84.9 Å². The number of alkyl carbamates (subject to hydrolysis) is 1. The summed E-state index contributed by atoms with van der Waals surface area (Å²) in [4.78, 5) is 41.3. The highest BCUT2D eigenvalue weighted by Gasteiger charge is 2.45. The number of fused-ring (bicyclic) bond motifs is 1. The van der Waals surface area contributed by atoms with Crippen LogP contribution in [0.3, 0.4) is 0 Å². The molecular weight excluding hydrogens is 452 g/mol. The van der Waals surface area contributed by atoms with E-state index in [1.54, 1.807) is 30.5 Å². The number of likely N-dealkylation sites (tertiary alicyclic amines) is 1. The second-order valence-corrected chi connectivity index (χ2v) is 11.2. The van der Waals surface area contributed by atoms with Crippen LogP contribution in [0, 0.1) is 5.41 Å². The Hall–Kier alpha value is -2.74. The van der Waals surface area contributed by atoms with Crippen LogP contribution < -0.4 is 5.32 Å². The van der Waals surface area contributed by atoms with Gasteiger partial charge in [-0.3, -0.25) is 4.79 Å². The Morgan fingerprint density at radius 1 is 1.09 bits per heavy atom. The molecule has 0 aliphatic carbocycles. The van der Waals surface area contributed by atoms with Crippen LogP contribution in [0.4, 0.5) is 4.79 Å². The number of hydrogen-bond acceptors (Lipinski definition) is 6. The van der Waals surface area contributed by atoms with Crippen molar-refractivity contribution in [1.29, 1.82) is 0 Å². The van der Waals surface area contributed by atoms with Crippen LogP contribution in [0.15, 0.2) is 47.4 Å². The van der Waals surface area contributed by atoms with Gasteiger partial charge in [0, 0.05) is 16.7 Å². The fraction of sp³-hybridized carbons (Fsp3) is 0.500. The van der Waals surface area contributed by atoms with Crippen molar-refractivity contribution in [3.05, 3.63) is 42.5 Å². The lowest BCUT2D eigenvalue weighted by atomic mass is 9.85. The molecule has 2 aromatic rings. The van der Waals surface area contributed by atoms with Gasteiger partial charge in [-0.25, -0.2) is 9.59 Å². The third-order valence-electron chi connectivity index (χ3n) is 5.78. The second-order valence-electron chi connectivity index (χ2n) is 9.88. The first kappa shape index (κ1) is 25.9. The van der Waals surface area contributed by atoms with Crippen LogP contribution in [0.5, 0.6) is 0 Å². The number of methoxy groups -OCH3 is 1. The molecule has 2 aromatic carbocycles. The Morgan fingerprint density at radius 2 is 1.76 bits per heavy atom. The normalized spacial score (nSPS) is 19.2. The van der Waals surface area contributed by atoms with E-state index in [9.17, 15) is 14.4 Å². The van der Waals surface area contributed by atoms with Gasteiger partial charge in [0.2, 0.25) is 5.91 Å². The van der Waals surface area contributed by atoms with E-state index in [2.05, 4.69) is 29.6 Å². The van der Waals surface area contributed by atoms with Gasteiger partial charge in [0.1, 0.15) is 12.1 Å². The molecule has 0 aromatic heterocycles. The summed E-state index contributed by atoms with van der Waals surface area (Å²) in [6, 6.07) is 12.7. The number of amides is 2. The number of nitrogens with one attached hydrogen (secondary N) is 1. The Bertz CT molecular complexity index is 1040. The molecule has 0 bridgehead atoms. The van der Waals surface area contributed by atoms with E-state index >= 15 is 0 Å². The summed E-state index contributed by atoms with van der Waals surface area (Å²) in [6.45, 7) is 9.48. The van der Waals surface area contributed by atoms with Crippen molar-refractivity contribution in [2.75, 3.05) is 13.7 Å². The lowest BCUT2D eigenvalue weighted by Crippen LogP contribution is -2.57. The molecule has 0 unspecified atom stereocenters. The molecule has 8 heteroatoms. The number of rotatable bonds is 6. The highest BCUT2D eigenvalue weighted by molar-refractivity contribution is 8.00. The van der Waals surface area contributed by atoms with Crippen LogP contribution in [-0.4, -0.2) is 60.0 Å². The summed E-state index contributed by atoms with van der Waals surface area (Å²) < 4.78 is 10.2. The molecule has 34 heavy (non-hydrogen) atoms. The van der Waals surface area contributed by atoms with Crippen molar-refractivity contribution in [2.45, 2.75) is 69.4 Å². The lowest BCUT2D eigenvalue weighted by Gasteiger charge is -2.35. The van der Waals surface area contributed by atoms with Crippen molar-refractivity contribution in [2.24, 2.45) is 5.41 Å². The summed E-state index contributed by atoms with van der Waals surface area (Å²) in [6.07, 6.45) is -0.495. The standard InChI is InChI=1S/C26H34N2O5S/c1-16(2)33-25(31)27-22(26(3,4)5)23(29)28-15-18(14-20(28)24(30)32-6)34-21-13-9-11-17-10-7-8-12-19(17)21/h7-13,16,18,20,22H,14-15H2,1-6H3,(H,27,31)/t18-,20+,22-/m1/s1. The first-order valence-electron chi connectivity index (χ1n) is 11.5. The molecule has 3 rings (SSSR count). The minimum absolute atomic E-state index is 0.00194. The van der Waals surface area contributed by atoms with Crippen LogP contribution in [0.2, 0.25) is 0 Å². The van der Waals surface area contributed by atoms with Crippen molar-refractivity contribution >= 4 is 40.5 Å². The molecule has 1 N–H and O–H groups in total. The molecule has 0 radical (unpaired) electrons. The molecule has 0 spiro atoms. The Labute approximate surface area is 205 Å². The molecule has 7 nitrogen and oxygen atoms in total. The minimum atomic E-state index is -0.854. The molecule has 2 amide bonds. The van der Waals surface area contributed by atoms with Crippen molar-refractivity contribution in [1.82, 2.24) is 10.2 Å². The van der Waals surface area contributed by atoms with E-state index in [0.29, 0.717) is 13.0 Å². The van der Waals surface area contributed by atoms with E-state index in [1.807, 2.05) is 39.0 Å². The highest BCUT2D eigenvalue weighted by Crippen LogP contribution is 2.37. The zero-order valence-corrected chi connectivity index (χ0v) is 21.5. The first-order valence-corrected chi connectivity index (χ1v) is 12.4. The Kier molecular flexibility index (Phi) is 8.13. The molecule has 0 saturated carbocycles. The minimum Gasteiger partial charge on any atom is -0.467 e. The van der Waals surface area contributed by atoms with Gasteiger partial charge in [-0.15, -0.1) is 11.8 Å².